The van der Waals surface area contributed by atoms with Crippen molar-refractivity contribution < 1.29 is 18.9 Å². The normalized spacial score (nSPS) is 8.22. The zero-order valence-electron chi connectivity index (χ0n) is 4.99. The third-order valence-electron chi connectivity index (χ3n) is 0.737. The van der Waals surface area contributed by atoms with Crippen LogP contribution in [-0.4, -0.2) is 0 Å². The van der Waals surface area contributed by atoms with Gasteiger partial charge in [-0.25, -0.2) is 0 Å². The molecule has 0 atom stereocenters. The van der Waals surface area contributed by atoms with E-state index in [2.05, 4.69) is 44.6 Å². The molecular formula is C6H3BrILi. The summed E-state index contributed by atoms with van der Waals surface area (Å²) in [4.78, 5) is 0. The molecule has 1 rings (SSSR count). The van der Waals surface area contributed by atoms with Gasteiger partial charge in [0.15, 0.2) is 0 Å². The van der Waals surface area contributed by atoms with Crippen LogP contribution in [0.1, 0.15) is 0 Å². The summed E-state index contributed by atoms with van der Waals surface area (Å²) in [5, 5.41) is 0. The van der Waals surface area contributed by atoms with E-state index in [1.807, 2.05) is 18.2 Å². The molecule has 9 heavy (non-hydrogen) atoms. The molecule has 0 unspecified atom stereocenters. The van der Waals surface area contributed by atoms with Crippen molar-refractivity contribution in [2.75, 3.05) is 0 Å². The Hall–Kier alpha value is 1.03. The van der Waals surface area contributed by atoms with Crippen LogP contribution >= 0.6 is 38.5 Å². The second-order valence-corrected chi connectivity index (χ2v) is 3.45. The van der Waals surface area contributed by atoms with Crippen molar-refractivity contribution in [1.29, 1.82) is 0 Å². The molecule has 0 aromatic heterocycles. The van der Waals surface area contributed by atoms with Gasteiger partial charge in [0.2, 0.25) is 0 Å². The molecule has 0 amide bonds. The molecule has 0 nitrogen and oxygen atoms in total. The molecule has 1 aromatic rings. The first-order chi connectivity index (χ1) is 3.79. The molecule has 42 valence electrons. The van der Waals surface area contributed by atoms with Gasteiger partial charge in [0.25, 0.3) is 0 Å². The summed E-state index contributed by atoms with van der Waals surface area (Å²) < 4.78 is 2.23. The molecular weight excluding hydrogens is 286 g/mol. The topological polar surface area (TPSA) is 0 Å². The maximum atomic E-state index is 3.29. The number of halogens is 2. The molecule has 0 aliphatic rings. The predicted octanol–water partition coefficient (Wildman–Crippen LogP) is -0.142. The van der Waals surface area contributed by atoms with Crippen molar-refractivity contribution in [2.45, 2.75) is 0 Å². The fourth-order valence-corrected chi connectivity index (χ4v) is 0.969. The fourth-order valence-electron chi connectivity index (χ4n) is 0.387. The van der Waals surface area contributed by atoms with Gasteiger partial charge in [-0.1, -0.05) is 24.0 Å². The first-order valence-corrected chi connectivity index (χ1v) is 3.99. The van der Waals surface area contributed by atoms with Crippen LogP contribution in [-0.2, 0) is 0 Å². The van der Waals surface area contributed by atoms with Crippen LogP contribution < -0.4 is 18.9 Å². The van der Waals surface area contributed by atoms with Crippen molar-refractivity contribution >= 4 is 38.5 Å². The van der Waals surface area contributed by atoms with E-state index in [0.717, 1.165) is 4.47 Å². The number of hydrogen-bond acceptors (Lipinski definition) is 0. The third-order valence-corrected chi connectivity index (χ3v) is 1.90. The van der Waals surface area contributed by atoms with Gasteiger partial charge >= 0.3 is 18.9 Å². The van der Waals surface area contributed by atoms with Crippen molar-refractivity contribution in [2.24, 2.45) is 0 Å². The molecule has 0 saturated carbocycles. The molecule has 0 aliphatic heterocycles. The van der Waals surface area contributed by atoms with Gasteiger partial charge in [0.05, 0.1) is 0 Å². The molecule has 1 aromatic carbocycles. The molecule has 3 heteroatoms. The molecule has 0 N–H and O–H groups in total. The number of benzene rings is 1. The molecule has 0 bridgehead atoms. The first kappa shape index (κ1) is 10.0. The Balaban J connectivity index is 0.000000640. The average molecular weight is 289 g/mol. The van der Waals surface area contributed by atoms with Gasteiger partial charge in [-0.05, 0) is 0 Å². The van der Waals surface area contributed by atoms with E-state index in [1.165, 1.54) is 3.57 Å². The van der Waals surface area contributed by atoms with E-state index in [4.69, 9.17) is 0 Å². The summed E-state index contributed by atoms with van der Waals surface area (Å²) in [6.07, 6.45) is 0. The Bertz CT molecular complexity index is 152. The second-order valence-electron chi connectivity index (χ2n) is 1.35. The molecule has 0 aliphatic carbocycles. The zero-order chi connectivity index (χ0) is 5.98. The summed E-state index contributed by atoms with van der Waals surface area (Å²) in [5.74, 6) is 0. The SMILES string of the molecule is Brc1[c-]cc(I)cc1.[Li+]. The summed E-state index contributed by atoms with van der Waals surface area (Å²) in [6.45, 7) is 0. The van der Waals surface area contributed by atoms with Crippen LogP contribution in [0.25, 0.3) is 0 Å². The van der Waals surface area contributed by atoms with Crippen LogP contribution in [0, 0.1) is 9.64 Å². The minimum atomic E-state index is 0. The monoisotopic (exact) mass is 288 g/mol. The van der Waals surface area contributed by atoms with Crippen molar-refractivity contribution in [1.82, 2.24) is 0 Å². The summed E-state index contributed by atoms with van der Waals surface area (Å²) in [6, 6.07) is 8.95. The average Bonchev–Trinajstić information content (AvgIpc) is 1.77. The molecule has 0 saturated heterocycles. The second kappa shape index (κ2) is 4.78. The fraction of sp³-hybridized carbons (Fsp3) is 0. The van der Waals surface area contributed by atoms with Crippen LogP contribution in [0.15, 0.2) is 22.7 Å². The zero-order valence-corrected chi connectivity index (χ0v) is 8.73. The quantitative estimate of drug-likeness (QED) is 0.354. The Morgan fingerprint density at radius 2 is 2.11 bits per heavy atom. The maximum absolute atomic E-state index is 3.29. The minimum absolute atomic E-state index is 0. The smallest absolute Gasteiger partial charge is 0.168 e. The van der Waals surface area contributed by atoms with E-state index in [9.17, 15) is 0 Å². The predicted molar refractivity (Wildman–Crippen MR) is 45.7 cm³/mol. The molecule has 0 heterocycles. The van der Waals surface area contributed by atoms with E-state index in [-0.39, 0.29) is 18.9 Å². The summed E-state index contributed by atoms with van der Waals surface area (Å²) >= 11 is 5.53. The van der Waals surface area contributed by atoms with Crippen LogP contribution in [0.5, 0.6) is 0 Å². The van der Waals surface area contributed by atoms with Gasteiger partial charge in [0.1, 0.15) is 0 Å². The maximum Gasteiger partial charge on any atom is 1.00 e. The largest absolute Gasteiger partial charge is 1.00 e. The van der Waals surface area contributed by atoms with E-state index < -0.39 is 0 Å². The standard InChI is InChI=1S/C6H3BrI.Li/c7-5-1-3-6(8)4-2-5;/h1,3-4H;/q-1;+1. The van der Waals surface area contributed by atoms with Gasteiger partial charge in [-0.2, -0.15) is 24.3 Å². The molecule has 0 spiro atoms. The Morgan fingerprint density at radius 1 is 1.44 bits per heavy atom. The van der Waals surface area contributed by atoms with Gasteiger partial charge in [-0.3, -0.25) is 0 Å². The Kier molecular flexibility index (Phi) is 5.33. The summed E-state index contributed by atoms with van der Waals surface area (Å²) in [5.41, 5.74) is 0. The Labute approximate surface area is 88.9 Å². The van der Waals surface area contributed by atoms with Crippen molar-refractivity contribution in [3.05, 3.63) is 32.3 Å². The van der Waals surface area contributed by atoms with Crippen LogP contribution in [0.3, 0.4) is 0 Å². The minimum Gasteiger partial charge on any atom is -0.168 e. The molecule has 0 radical (unpaired) electrons. The van der Waals surface area contributed by atoms with E-state index >= 15 is 0 Å². The van der Waals surface area contributed by atoms with E-state index in [1.54, 1.807) is 0 Å². The van der Waals surface area contributed by atoms with Crippen LogP contribution in [0.2, 0.25) is 0 Å². The van der Waals surface area contributed by atoms with Crippen molar-refractivity contribution in [3.63, 3.8) is 0 Å². The number of hydrogen-bond donors (Lipinski definition) is 0. The first-order valence-electron chi connectivity index (χ1n) is 2.12. The van der Waals surface area contributed by atoms with Crippen molar-refractivity contribution in [3.8, 4) is 0 Å². The molecule has 0 fully saturated rings. The number of rotatable bonds is 0. The third kappa shape index (κ3) is 3.67. The van der Waals surface area contributed by atoms with Gasteiger partial charge in [0, 0.05) is 0 Å². The van der Waals surface area contributed by atoms with Gasteiger partial charge < -0.3 is 0 Å². The van der Waals surface area contributed by atoms with Gasteiger partial charge in [-0.15, -0.1) is 22.6 Å². The van der Waals surface area contributed by atoms with Crippen LogP contribution in [0.4, 0.5) is 0 Å². The summed E-state index contributed by atoms with van der Waals surface area (Å²) in [7, 11) is 0. The Morgan fingerprint density at radius 3 is 2.44 bits per heavy atom. The van der Waals surface area contributed by atoms with E-state index in [0.29, 0.717) is 0 Å².